The molecule has 1 aromatic heterocycles. The number of likely N-dealkylation sites (tertiary alicyclic amines) is 1. The number of hydrogen-bond donors (Lipinski definition) is 2. The van der Waals surface area contributed by atoms with E-state index in [1.165, 1.54) is 18.2 Å². The molecule has 0 bridgehead atoms. The Morgan fingerprint density at radius 3 is 2.81 bits per heavy atom. The lowest BCUT2D eigenvalue weighted by Gasteiger charge is -2.22. The Labute approximate surface area is 180 Å². The number of anilines is 1. The van der Waals surface area contributed by atoms with Crippen LogP contribution in [0.3, 0.4) is 0 Å². The van der Waals surface area contributed by atoms with Crippen LogP contribution in [0.4, 0.5) is 10.1 Å². The molecule has 1 fully saturated rings. The van der Waals surface area contributed by atoms with E-state index in [-0.39, 0.29) is 30.2 Å². The molecule has 0 spiro atoms. The van der Waals surface area contributed by atoms with E-state index in [2.05, 4.69) is 15.3 Å². The van der Waals surface area contributed by atoms with E-state index in [0.717, 1.165) is 30.8 Å². The Balaban J connectivity index is 1.40. The number of halogens is 1. The monoisotopic (exact) mass is 424 g/mol. The summed E-state index contributed by atoms with van der Waals surface area (Å²) >= 11 is 0. The number of amides is 1. The van der Waals surface area contributed by atoms with Gasteiger partial charge in [0.25, 0.3) is 5.91 Å². The van der Waals surface area contributed by atoms with Gasteiger partial charge in [-0.3, -0.25) is 14.4 Å². The van der Waals surface area contributed by atoms with Crippen LogP contribution in [0.15, 0.2) is 60.9 Å². The highest BCUT2D eigenvalue weighted by molar-refractivity contribution is 6.04. The number of ether oxygens (including phenoxy) is 1. The predicted molar refractivity (Wildman–Crippen MR) is 115 cm³/mol. The molecule has 8 heteroatoms. The van der Waals surface area contributed by atoms with Gasteiger partial charge in [-0.2, -0.15) is 5.10 Å². The van der Waals surface area contributed by atoms with Gasteiger partial charge in [0, 0.05) is 30.9 Å². The lowest BCUT2D eigenvalue weighted by molar-refractivity contribution is 0.102. The predicted octanol–water partition coefficient (Wildman–Crippen LogP) is 3.09. The molecular formula is C23H25FN4O3. The van der Waals surface area contributed by atoms with Gasteiger partial charge in [0.1, 0.15) is 11.6 Å². The van der Waals surface area contributed by atoms with E-state index in [1.54, 1.807) is 25.6 Å². The maximum atomic E-state index is 13.3. The van der Waals surface area contributed by atoms with E-state index >= 15 is 0 Å². The molecule has 162 valence electrons. The van der Waals surface area contributed by atoms with Crippen LogP contribution in [0.5, 0.6) is 5.75 Å². The van der Waals surface area contributed by atoms with Gasteiger partial charge in [0.15, 0.2) is 0 Å². The van der Waals surface area contributed by atoms with Gasteiger partial charge in [0.2, 0.25) is 0 Å². The molecule has 7 nitrogen and oxygen atoms in total. The summed E-state index contributed by atoms with van der Waals surface area (Å²) in [6, 6.07) is 13.6. The topological polar surface area (TPSA) is 79.6 Å². The van der Waals surface area contributed by atoms with E-state index < -0.39 is 5.82 Å². The zero-order valence-corrected chi connectivity index (χ0v) is 17.2. The van der Waals surface area contributed by atoms with Crippen molar-refractivity contribution in [3.8, 4) is 5.75 Å². The number of hydrogen-bond acceptors (Lipinski definition) is 5. The highest BCUT2D eigenvalue weighted by atomic mass is 19.1. The number of rotatable bonds is 7. The first-order chi connectivity index (χ1) is 15.1. The van der Waals surface area contributed by atoms with Gasteiger partial charge >= 0.3 is 0 Å². The summed E-state index contributed by atoms with van der Waals surface area (Å²) in [4.78, 5) is 14.6. The molecule has 1 saturated heterocycles. The maximum Gasteiger partial charge on any atom is 0.255 e. The number of benzene rings is 2. The molecule has 2 atom stereocenters. The Morgan fingerprint density at radius 1 is 1.29 bits per heavy atom. The smallest absolute Gasteiger partial charge is 0.255 e. The molecule has 2 heterocycles. The summed E-state index contributed by atoms with van der Waals surface area (Å²) < 4.78 is 20.4. The SMILES string of the molecule is COc1ccc(CN2C[C@@H](n3cc(NC(=O)c4cccc(F)c4)cn3)C[C@H]2CO)cc1. The van der Waals surface area contributed by atoms with Crippen LogP contribution >= 0.6 is 0 Å². The normalized spacial score (nSPS) is 18.8. The minimum atomic E-state index is -0.457. The van der Waals surface area contributed by atoms with E-state index in [4.69, 9.17) is 4.74 Å². The lowest BCUT2D eigenvalue weighted by Crippen LogP contribution is -2.31. The van der Waals surface area contributed by atoms with Gasteiger partial charge in [-0.25, -0.2) is 4.39 Å². The first kappa shape index (κ1) is 21.0. The Hall–Kier alpha value is -3.23. The van der Waals surface area contributed by atoms with Crippen molar-refractivity contribution >= 4 is 11.6 Å². The van der Waals surface area contributed by atoms with Crippen LogP contribution in [-0.4, -0.2) is 52.0 Å². The molecule has 0 unspecified atom stereocenters. The third-order valence-corrected chi connectivity index (χ3v) is 5.58. The fourth-order valence-electron chi connectivity index (χ4n) is 3.93. The average molecular weight is 424 g/mol. The molecule has 31 heavy (non-hydrogen) atoms. The Bertz CT molecular complexity index is 1040. The first-order valence-electron chi connectivity index (χ1n) is 10.1. The van der Waals surface area contributed by atoms with E-state index in [0.29, 0.717) is 5.69 Å². The number of methoxy groups -OCH3 is 1. The second-order valence-electron chi connectivity index (χ2n) is 7.68. The molecule has 2 N–H and O–H groups in total. The fourth-order valence-corrected chi connectivity index (χ4v) is 3.93. The van der Waals surface area contributed by atoms with Gasteiger partial charge in [-0.1, -0.05) is 18.2 Å². The minimum Gasteiger partial charge on any atom is -0.497 e. The number of carbonyl (C=O) groups excluding carboxylic acids is 1. The first-order valence-corrected chi connectivity index (χ1v) is 10.1. The molecule has 2 aromatic carbocycles. The molecular weight excluding hydrogens is 399 g/mol. The second-order valence-corrected chi connectivity index (χ2v) is 7.68. The van der Waals surface area contributed by atoms with Crippen molar-refractivity contribution in [3.05, 3.63) is 77.9 Å². The highest BCUT2D eigenvalue weighted by Gasteiger charge is 2.33. The van der Waals surface area contributed by atoms with Gasteiger partial charge in [-0.15, -0.1) is 0 Å². The summed E-state index contributed by atoms with van der Waals surface area (Å²) in [6.45, 7) is 1.52. The molecule has 4 rings (SSSR count). The van der Waals surface area contributed by atoms with Crippen molar-refractivity contribution in [1.82, 2.24) is 14.7 Å². The molecule has 1 aliphatic heterocycles. The quantitative estimate of drug-likeness (QED) is 0.609. The fraction of sp³-hybridized carbons (Fsp3) is 0.304. The van der Waals surface area contributed by atoms with Gasteiger partial charge in [0.05, 0.1) is 31.6 Å². The lowest BCUT2D eigenvalue weighted by atomic mass is 10.1. The van der Waals surface area contributed by atoms with Crippen LogP contribution in [0, 0.1) is 5.82 Å². The summed E-state index contributed by atoms with van der Waals surface area (Å²) in [5.74, 6) is -0.0350. The largest absolute Gasteiger partial charge is 0.497 e. The minimum absolute atomic E-state index is 0.0293. The number of nitrogens with zero attached hydrogens (tertiary/aromatic N) is 3. The second kappa shape index (κ2) is 9.28. The van der Waals surface area contributed by atoms with Crippen LogP contribution < -0.4 is 10.1 Å². The Kier molecular flexibility index (Phi) is 6.29. The third-order valence-electron chi connectivity index (χ3n) is 5.58. The molecule has 1 aliphatic rings. The average Bonchev–Trinajstić information content (AvgIpc) is 3.41. The molecule has 3 aromatic rings. The Morgan fingerprint density at radius 2 is 2.10 bits per heavy atom. The zero-order chi connectivity index (χ0) is 21.8. The summed E-state index contributed by atoms with van der Waals surface area (Å²) in [7, 11) is 1.64. The van der Waals surface area contributed by atoms with E-state index in [9.17, 15) is 14.3 Å². The molecule has 0 radical (unpaired) electrons. The number of carbonyl (C=O) groups is 1. The van der Waals surface area contributed by atoms with Gasteiger partial charge in [-0.05, 0) is 42.3 Å². The van der Waals surface area contributed by atoms with Crippen LogP contribution in [-0.2, 0) is 6.54 Å². The highest BCUT2D eigenvalue weighted by Crippen LogP contribution is 2.29. The summed E-state index contributed by atoms with van der Waals surface area (Å²) in [6.07, 6.45) is 4.11. The van der Waals surface area contributed by atoms with E-state index in [1.807, 2.05) is 28.9 Å². The van der Waals surface area contributed by atoms with Crippen molar-refractivity contribution < 1.29 is 19.0 Å². The third kappa shape index (κ3) is 4.92. The van der Waals surface area contributed by atoms with Crippen molar-refractivity contribution in [2.45, 2.75) is 25.0 Å². The molecule has 1 amide bonds. The standard InChI is InChI=1S/C23H25FN4O3/c1-31-22-7-5-16(6-8-22)12-27-14-20(10-21(27)15-29)28-13-19(11-25-28)26-23(30)17-3-2-4-18(24)9-17/h2-9,11,13,20-21,29H,10,12,14-15H2,1H3,(H,26,30)/t20-,21-/m0/s1. The van der Waals surface area contributed by atoms with Crippen molar-refractivity contribution in [3.63, 3.8) is 0 Å². The number of nitrogens with one attached hydrogen (secondary N) is 1. The number of aliphatic hydroxyl groups excluding tert-OH is 1. The zero-order valence-electron chi connectivity index (χ0n) is 17.2. The molecule has 0 aliphatic carbocycles. The molecule has 0 saturated carbocycles. The van der Waals surface area contributed by atoms with Crippen molar-refractivity contribution in [2.24, 2.45) is 0 Å². The number of aliphatic hydroxyl groups is 1. The van der Waals surface area contributed by atoms with Crippen LogP contribution in [0.1, 0.15) is 28.4 Å². The van der Waals surface area contributed by atoms with Crippen LogP contribution in [0.2, 0.25) is 0 Å². The van der Waals surface area contributed by atoms with Gasteiger partial charge < -0.3 is 15.2 Å². The summed E-state index contributed by atoms with van der Waals surface area (Å²) in [5, 5.41) is 17.0. The van der Waals surface area contributed by atoms with Crippen LogP contribution in [0.25, 0.3) is 0 Å². The summed E-state index contributed by atoms with van der Waals surface area (Å²) in [5.41, 5.74) is 1.94. The van der Waals surface area contributed by atoms with Crippen molar-refractivity contribution in [1.29, 1.82) is 0 Å². The number of aromatic nitrogens is 2. The van der Waals surface area contributed by atoms with Crippen molar-refractivity contribution in [2.75, 3.05) is 25.6 Å². The maximum absolute atomic E-state index is 13.3.